The fraction of sp³-hybridized carbons (Fsp3) is 0.143. The predicted octanol–water partition coefficient (Wildman–Crippen LogP) is 5.14. The van der Waals surface area contributed by atoms with Gasteiger partial charge in [0, 0.05) is 20.6 Å². The molecule has 1 atom stereocenters. The van der Waals surface area contributed by atoms with Gasteiger partial charge < -0.3 is 5.73 Å². The number of hydrogen-bond donors (Lipinski definition) is 1. The van der Waals surface area contributed by atoms with Crippen molar-refractivity contribution in [2.75, 3.05) is 0 Å². The Labute approximate surface area is 129 Å². The van der Waals surface area contributed by atoms with E-state index < -0.39 is 0 Å². The standard InChI is InChI=1S/C14H11BrCl2FN/c15-13-2-1-12(18)5-8(13)6-14(19)9-3-10(16)7-11(17)4-9/h1-5,7,14H,6,19H2. The third-order valence-corrected chi connectivity index (χ3v) is 3.97. The highest BCUT2D eigenvalue weighted by atomic mass is 79.9. The smallest absolute Gasteiger partial charge is 0.123 e. The number of benzene rings is 2. The maximum atomic E-state index is 13.2. The van der Waals surface area contributed by atoms with Gasteiger partial charge in [0.2, 0.25) is 0 Å². The molecule has 19 heavy (non-hydrogen) atoms. The Morgan fingerprint density at radius 2 is 1.74 bits per heavy atom. The lowest BCUT2D eigenvalue weighted by molar-refractivity contribution is 0.621. The van der Waals surface area contributed by atoms with Crippen LogP contribution in [0.1, 0.15) is 17.2 Å². The summed E-state index contributed by atoms with van der Waals surface area (Å²) in [7, 11) is 0. The summed E-state index contributed by atoms with van der Waals surface area (Å²) in [5.74, 6) is -0.283. The van der Waals surface area contributed by atoms with Crippen LogP contribution in [0.15, 0.2) is 40.9 Å². The van der Waals surface area contributed by atoms with Gasteiger partial charge in [-0.1, -0.05) is 39.1 Å². The summed E-state index contributed by atoms with van der Waals surface area (Å²) in [4.78, 5) is 0. The second kappa shape index (κ2) is 6.23. The summed E-state index contributed by atoms with van der Waals surface area (Å²) in [6, 6.07) is 9.43. The van der Waals surface area contributed by atoms with Gasteiger partial charge in [-0.2, -0.15) is 0 Å². The van der Waals surface area contributed by atoms with Gasteiger partial charge in [-0.05, 0) is 53.9 Å². The lowest BCUT2D eigenvalue weighted by atomic mass is 10.00. The Kier molecular flexibility index (Phi) is 4.85. The second-order valence-corrected chi connectivity index (χ2v) is 5.98. The molecule has 0 saturated carbocycles. The summed E-state index contributed by atoms with van der Waals surface area (Å²) in [6.07, 6.45) is 0.495. The van der Waals surface area contributed by atoms with Crippen LogP contribution in [0.4, 0.5) is 4.39 Å². The molecule has 0 aliphatic heterocycles. The zero-order valence-electron chi connectivity index (χ0n) is 9.84. The summed E-state index contributed by atoms with van der Waals surface area (Å²) in [5.41, 5.74) is 7.76. The van der Waals surface area contributed by atoms with Crippen LogP contribution in [0.25, 0.3) is 0 Å². The zero-order chi connectivity index (χ0) is 14.0. The first-order valence-corrected chi connectivity index (χ1v) is 7.16. The van der Waals surface area contributed by atoms with Crippen molar-refractivity contribution >= 4 is 39.1 Å². The Balaban J connectivity index is 2.25. The molecule has 0 aliphatic carbocycles. The first kappa shape index (κ1) is 14.8. The molecule has 2 aromatic carbocycles. The molecule has 0 saturated heterocycles. The van der Waals surface area contributed by atoms with E-state index in [4.69, 9.17) is 28.9 Å². The molecular formula is C14H11BrCl2FN. The Bertz CT molecular complexity index is 584. The number of nitrogens with two attached hydrogens (primary N) is 1. The zero-order valence-corrected chi connectivity index (χ0v) is 12.9. The SMILES string of the molecule is NC(Cc1cc(F)ccc1Br)c1cc(Cl)cc(Cl)c1. The predicted molar refractivity (Wildman–Crippen MR) is 81.2 cm³/mol. The highest BCUT2D eigenvalue weighted by molar-refractivity contribution is 9.10. The molecule has 0 aliphatic rings. The van der Waals surface area contributed by atoms with Crippen LogP contribution in [-0.2, 0) is 6.42 Å². The van der Waals surface area contributed by atoms with Crippen molar-refractivity contribution in [1.82, 2.24) is 0 Å². The maximum absolute atomic E-state index is 13.2. The van der Waals surface area contributed by atoms with Gasteiger partial charge in [-0.25, -0.2) is 4.39 Å². The molecule has 100 valence electrons. The van der Waals surface area contributed by atoms with Gasteiger partial charge in [0.15, 0.2) is 0 Å². The normalized spacial score (nSPS) is 12.5. The van der Waals surface area contributed by atoms with Crippen molar-refractivity contribution < 1.29 is 4.39 Å². The molecule has 1 nitrogen and oxygen atoms in total. The van der Waals surface area contributed by atoms with E-state index in [1.165, 1.54) is 12.1 Å². The molecule has 0 radical (unpaired) electrons. The van der Waals surface area contributed by atoms with Crippen LogP contribution in [-0.4, -0.2) is 0 Å². The van der Waals surface area contributed by atoms with E-state index in [2.05, 4.69) is 15.9 Å². The number of rotatable bonds is 3. The van der Waals surface area contributed by atoms with Crippen LogP contribution in [0.5, 0.6) is 0 Å². The highest BCUT2D eigenvalue weighted by Gasteiger charge is 2.11. The van der Waals surface area contributed by atoms with Crippen molar-refractivity contribution in [1.29, 1.82) is 0 Å². The highest BCUT2D eigenvalue weighted by Crippen LogP contribution is 2.27. The van der Waals surface area contributed by atoms with Crippen LogP contribution in [0, 0.1) is 5.82 Å². The fourth-order valence-electron chi connectivity index (χ4n) is 1.84. The van der Waals surface area contributed by atoms with E-state index >= 15 is 0 Å². The monoisotopic (exact) mass is 361 g/mol. The second-order valence-electron chi connectivity index (χ2n) is 4.25. The molecule has 0 spiro atoms. The minimum Gasteiger partial charge on any atom is -0.324 e. The average Bonchev–Trinajstić information content (AvgIpc) is 2.32. The Morgan fingerprint density at radius 3 is 2.37 bits per heavy atom. The summed E-state index contributed by atoms with van der Waals surface area (Å²) in [5, 5.41) is 1.08. The third kappa shape index (κ3) is 3.93. The molecule has 2 N–H and O–H groups in total. The maximum Gasteiger partial charge on any atom is 0.123 e. The third-order valence-electron chi connectivity index (χ3n) is 2.76. The fourth-order valence-corrected chi connectivity index (χ4v) is 2.80. The van der Waals surface area contributed by atoms with E-state index in [0.717, 1.165) is 15.6 Å². The average molecular weight is 363 g/mol. The van der Waals surface area contributed by atoms with Gasteiger partial charge >= 0.3 is 0 Å². The van der Waals surface area contributed by atoms with Crippen LogP contribution < -0.4 is 5.73 Å². The summed E-state index contributed by atoms with van der Waals surface area (Å²) < 4.78 is 14.1. The largest absolute Gasteiger partial charge is 0.324 e. The van der Waals surface area contributed by atoms with Crippen molar-refractivity contribution in [2.45, 2.75) is 12.5 Å². The van der Waals surface area contributed by atoms with E-state index in [9.17, 15) is 4.39 Å². The summed E-state index contributed by atoms with van der Waals surface area (Å²) in [6.45, 7) is 0. The molecule has 1 unspecified atom stereocenters. The minimum absolute atomic E-state index is 0.283. The van der Waals surface area contributed by atoms with Crippen molar-refractivity contribution in [3.8, 4) is 0 Å². The lowest BCUT2D eigenvalue weighted by Gasteiger charge is -2.14. The molecule has 0 aromatic heterocycles. The van der Waals surface area contributed by atoms with Gasteiger partial charge in [-0.15, -0.1) is 0 Å². The first-order valence-electron chi connectivity index (χ1n) is 5.61. The minimum atomic E-state index is -0.297. The van der Waals surface area contributed by atoms with E-state index in [1.54, 1.807) is 24.3 Å². The van der Waals surface area contributed by atoms with Gasteiger partial charge in [0.25, 0.3) is 0 Å². The first-order chi connectivity index (χ1) is 8.95. The molecule has 0 fully saturated rings. The van der Waals surface area contributed by atoms with Gasteiger partial charge in [0.1, 0.15) is 5.82 Å². The van der Waals surface area contributed by atoms with Crippen molar-refractivity contribution in [2.24, 2.45) is 5.73 Å². The summed E-state index contributed by atoms with van der Waals surface area (Å²) >= 11 is 15.3. The Morgan fingerprint density at radius 1 is 1.11 bits per heavy atom. The quantitative estimate of drug-likeness (QED) is 0.803. The molecule has 0 amide bonds. The topological polar surface area (TPSA) is 26.0 Å². The van der Waals surface area contributed by atoms with Crippen LogP contribution in [0.2, 0.25) is 10.0 Å². The van der Waals surface area contributed by atoms with Crippen LogP contribution in [0.3, 0.4) is 0 Å². The number of hydrogen-bond acceptors (Lipinski definition) is 1. The molecule has 2 aromatic rings. The van der Waals surface area contributed by atoms with Crippen molar-refractivity contribution in [3.05, 3.63) is 67.9 Å². The number of halogens is 4. The Hall–Kier alpha value is -0.610. The van der Waals surface area contributed by atoms with Crippen LogP contribution >= 0.6 is 39.1 Å². The molecule has 0 bridgehead atoms. The van der Waals surface area contributed by atoms with Crippen molar-refractivity contribution in [3.63, 3.8) is 0 Å². The molecule has 5 heteroatoms. The molecule has 0 heterocycles. The van der Waals surface area contributed by atoms with Gasteiger partial charge in [-0.3, -0.25) is 0 Å². The lowest BCUT2D eigenvalue weighted by Crippen LogP contribution is -2.13. The van der Waals surface area contributed by atoms with E-state index in [-0.39, 0.29) is 11.9 Å². The van der Waals surface area contributed by atoms with E-state index in [1.807, 2.05) is 0 Å². The van der Waals surface area contributed by atoms with Gasteiger partial charge in [0.05, 0.1) is 0 Å². The molecule has 2 rings (SSSR count). The molecular weight excluding hydrogens is 352 g/mol. The van der Waals surface area contributed by atoms with E-state index in [0.29, 0.717) is 16.5 Å².